The Kier molecular flexibility index (Phi) is 4.38. The van der Waals surface area contributed by atoms with E-state index in [-0.39, 0.29) is 24.5 Å². The van der Waals surface area contributed by atoms with Crippen molar-refractivity contribution in [3.8, 4) is 5.75 Å². The molecule has 21 heavy (non-hydrogen) atoms. The number of hydrogen-bond acceptors (Lipinski definition) is 4. The van der Waals surface area contributed by atoms with Crippen LogP contribution in [0.4, 0.5) is 0 Å². The molecule has 0 aromatic heterocycles. The number of hydrogen-bond donors (Lipinski definition) is 2. The van der Waals surface area contributed by atoms with Crippen LogP contribution in [0.15, 0.2) is 36.9 Å². The molecule has 0 unspecified atom stereocenters. The van der Waals surface area contributed by atoms with Gasteiger partial charge in [0.2, 0.25) is 0 Å². The number of fused-ring (bicyclic) bond motifs is 1. The minimum atomic E-state index is -0.471. The molecular weight excluding hydrogens is 266 g/mol. The fraction of sp³-hybridized carbons (Fsp3) is 0.176. The van der Waals surface area contributed by atoms with Crippen LogP contribution >= 0.6 is 0 Å². The summed E-state index contributed by atoms with van der Waals surface area (Å²) in [5.74, 6) is -0.482. The number of benzene rings is 2. The van der Waals surface area contributed by atoms with E-state index < -0.39 is 5.97 Å². The maximum atomic E-state index is 11.5. The Morgan fingerprint density at radius 2 is 2.14 bits per heavy atom. The minimum Gasteiger partial charge on any atom is -0.507 e. The van der Waals surface area contributed by atoms with Crippen molar-refractivity contribution in [2.75, 3.05) is 6.61 Å². The lowest BCUT2D eigenvalue weighted by Crippen LogP contribution is -2.12. The summed E-state index contributed by atoms with van der Waals surface area (Å²) in [5.41, 5.74) is 1.37. The van der Waals surface area contributed by atoms with Crippen LogP contribution in [0.2, 0.25) is 0 Å². The Morgan fingerprint density at radius 3 is 2.81 bits per heavy atom. The molecule has 0 atom stereocenters. The smallest absolute Gasteiger partial charge is 0.311 e. The first kappa shape index (κ1) is 14.8. The third-order valence-corrected chi connectivity index (χ3v) is 3.19. The standard InChI is InChI=1S/C17H17NO3/c1-3-11-5-7-13-12(9-11)6-8-15(19)17(13)14(18)10-16(20)21-4-2/h3,5-9,18-19H,1,4,10H2,2H3. The molecule has 4 heteroatoms. The van der Waals surface area contributed by atoms with Crippen LogP contribution < -0.4 is 0 Å². The van der Waals surface area contributed by atoms with Crippen molar-refractivity contribution in [1.82, 2.24) is 0 Å². The normalized spacial score (nSPS) is 10.3. The van der Waals surface area contributed by atoms with E-state index in [9.17, 15) is 9.90 Å². The molecule has 2 aromatic rings. The largest absolute Gasteiger partial charge is 0.507 e. The Bertz CT molecular complexity index is 719. The maximum absolute atomic E-state index is 11.5. The molecule has 4 nitrogen and oxygen atoms in total. The van der Waals surface area contributed by atoms with Crippen molar-refractivity contribution in [3.63, 3.8) is 0 Å². The number of esters is 1. The summed E-state index contributed by atoms with van der Waals surface area (Å²) in [5, 5.41) is 19.7. The summed E-state index contributed by atoms with van der Waals surface area (Å²) >= 11 is 0. The van der Waals surface area contributed by atoms with Crippen molar-refractivity contribution in [2.24, 2.45) is 0 Å². The van der Waals surface area contributed by atoms with Gasteiger partial charge in [-0.15, -0.1) is 0 Å². The van der Waals surface area contributed by atoms with Crippen LogP contribution in [0.25, 0.3) is 16.8 Å². The highest BCUT2D eigenvalue weighted by atomic mass is 16.5. The van der Waals surface area contributed by atoms with E-state index in [4.69, 9.17) is 10.1 Å². The van der Waals surface area contributed by atoms with Crippen molar-refractivity contribution in [3.05, 3.63) is 48.0 Å². The Balaban J connectivity index is 2.47. The van der Waals surface area contributed by atoms with Crippen molar-refractivity contribution in [1.29, 1.82) is 5.41 Å². The van der Waals surface area contributed by atoms with Crippen LogP contribution in [0.3, 0.4) is 0 Å². The van der Waals surface area contributed by atoms with Gasteiger partial charge in [0.1, 0.15) is 5.75 Å². The molecule has 2 rings (SSSR count). The highest BCUT2D eigenvalue weighted by molar-refractivity contribution is 6.16. The van der Waals surface area contributed by atoms with E-state index in [2.05, 4.69) is 6.58 Å². The van der Waals surface area contributed by atoms with Crippen LogP contribution in [0.1, 0.15) is 24.5 Å². The monoisotopic (exact) mass is 283 g/mol. The summed E-state index contributed by atoms with van der Waals surface area (Å²) in [6, 6.07) is 8.91. The first-order valence-corrected chi connectivity index (χ1v) is 6.68. The summed E-state index contributed by atoms with van der Waals surface area (Å²) < 4.78 is 4.85. The second kappa shape index (κ2) is 6.22. The van der Waals surface area contributed by atoms with Gasteiger partial charge in [0.05, 0.1) is 18.7 Å². The average molecular weight is 283 g/mol. The van der Waals surface area contributed by atoms with Gasteiger partial charge in [0.25, 0.3) is 0 Å². The first-order valence-electron chi connectivity index (χ1n) is 6.68. The Hall–Kier alpha value is -2.62. The van der Waals surface area contributed by atoms with Crippen LogP contribution in [-0.2, 0) is 9.53 Å². The molecule has 0 aliphatic carbocycles. The van der Waals surface area contributed by atoms with Gasteiger partial charge in [-0.1, -0.05) is 30.9 Å². The van der Waals surface area contributed by atoms with Crippen LogP contribution in [0.5, 0.6) is 5.75 Å². The van der Waals surface area contributed by atoms with Gasteiger partial charge in [-0.3, -0.25) is 4.79 Å². The quantitative estimate of drug-likeness (QED) is 0.651. The van der Waals surface area contributed by atoms with E-state index in [0.717, 1.165) is 16.3 Å². The molecule has 0 amide bonds. The zero-order chi connectivity index (χ0) is 15.4. The maximum Gasteiger partial charge on any atom is 0.311 e. The molecule has 0 radical (unpaired) electrons. The first-order chi connectivity index (χ1) is 10.1. The molecule has 0 aliphatic rings. The Labute approximate surface area is 123 Å². The molecule has 0 fully saturated rings. The Morgan fingerprint density at radius 1 is 1.38 bits per heavy atom. The second-order valence-electron chi connectivity index (χ2n) is 4.60. The lowest BCUT2D eigenvalue weighted by atomic mass is 9.97. The summed E-state index contributed by atoms with van der Waals surface area (Å²) in [6.45, 7) is 5.71. The molecule has 0 bridgehead atoms. The number of phenols is 1. The summed E-state index contributed by atoms with van der Waals surface area (Å²) in [7, 11) is 0. The van der Waals surface area contributed by atoms with E-state index in [1.165, 1.54) is 6.07 Å². The molecule has 2 N–H and O–H groups in total. The summed E-state index contributed by atoms with van der Waals surface area (Å²) in [6.07, 6.45) is 1.57. The second-order valence-corrected chi connectivity index (χ2v) is 4.60. The predicted molar refractivity (Wildman–Crippen MR) is 83.8 cm³/mol. The number of carbonyl (C=O) groups excluding carboxylic acids is 1. The number of phenolic OH excluding ortho intramolecular Hbond substituents is 1. The zero-order valence-corrected chi connectivity index (χ0v) is 11.8. The van der Waals surface area contributed by atoms with Crippen molar-refractivity contribution >= 4 is 28.5 Å². The number of nitrogens with one attached hydrogen (secondary N) is 1. The molecule has 0 aliphatic heterocycles. The van der Waals surface area contributed by atoms with E-state index in [0.29, 0.717) is 5.56 Å². The highest BCUT2D eigenvalue weighted by Crippen LogP contribution is 2.29. The van der Waals surface area contributed by atoms with Gasteiger partial charge in [0, 0.05) is 5.56 Å². The van der Waals surface area contributed by atoms with Gasteiger partial charge in [-0.2, -0.15) is 0 Å². The molecule has 108 valence electrons. The van der Waals surface area contributed by atoms with E-state index in [1.807, 2.05) is 18.2 Å². The molecule has 0 saturated carbocycles. The number of aromatic hydroxyl groups is 1. The average Bonchev–Trinajstić information content (AvgIpc) is 2.46. The molecule has 2 aromatic carbocycles. The van der Waals surface area contributed by atoms with Crippen molar-refractivity contribution < 1.29 is 14.6 Å². The number of ether oxygens (including phenoxy) is 1. The third-order valence-electron chi connectivity index (χ3n) is 3.19. The van der Waals surface area contributed by atoms with Gasteiger partial charge < -0.3 is 15.3 Å². The molecule has 0 spiro atoms. The fourth-order valence-corrected chi connectivity index (χ4v) is 2.23. The zero-order valence-electron chi connectivity index (χ0n) is 11.8. The minimum absolute atomic E-state index is 0.0110. The molecule has 0 heterocycles. The van der Waals surface area contributed by atoms with Gasteiger partial charge in [-0.05, 0) is 35.4 Å². The topological polar surface area (TPSA) is 70.4 Å². The van der Waals surface area contributed by atoms with E-state index >= 15 is 0 Å². The van der Waals surface area contributed by atoms with Gasteiger partial charge in [-0.25, -0.2) is 0 Å². The molecular formula is C17H17NO3. The SMILES string of the molecule is C=Cc1ccc2c(C(=N)CC(=O)OCC)c(O)ccc2c1. The fourth-order valence-electron chi connectivity index (χ4n) is 2.23. The van der Waals surface area contributed by atoms with Crippen LogP contribution in [-0.4, -0.2) is 23.4 Å². The summed E-state index contributed by atoms with van der Waals surface area (Å²) in [4.78, 5) is 11.5. The third kappa shape index (κ3) is 3.11. The van der Waals surface area contributed by atoms with Gasteiger partial charge in [0.15, 0.2) is 0 Å². The lowest BCUT2D eigenvalue weighted by molar-refractivity contribution is -0.141. The number of rotatable bonds is 5. The van der Waals surface area contributed by atoms with Gasteiger partial charge >= 0.3 is 5.97 Å². The lowest BCUT2D eigenvalue weighted by Gasteiger charge is -2.11. The van der Waals surface area contributed by atoms with E-state index in [1.54, 1.807) is 19.1 Å². The van der Waals surface area contributed by atoms with Crippen molar-refractivity contribution in [2.45, 2.75) is 13.3 Å². The molecule has 0 saturated heterocycles. The number of carbonyl (C=O) groups is 1. The van der Waals surface area contributed by atoms with Crippen LogP contribution in [0, 0.1) is 5.41 Å². The highest BCUT2D eigenvalue weighted by Gasteiger charge is 2.16. The predicted octanol–water partition coefficient (Wildman–Crippen LogP) is 3.51.